The minimum absolute atomic E-state index is 0.160. The van der Waals surface area contributed by atoms with Crippen molar-refractivity contribution in [3.63, 3.8) is 0 Å². The number of halogens is 1. The van der Waals surface area contributed by atoms with Crippen LogP contribution in [0.15, 0.2) is 60.8 Å². The normalized spacial score (nSPS) is 18.1. The zero-order valence-corrected chi connectivity index (χ0v) is 21.9. The van der Waals surface area contributed by atoms with Crippen molar-refractivity contribution in [2.45, 2.75) is 31.7 Å². The average Bonchev–Trinajstić information content (AvgIpc) is 3.50. The largest absolute Gasteiger partial charge is 0.378 e. The van der Waals surface area contributed by atoms with Gasteiger partial charge in [0.2, 0.25) is 5.91 Å². The van der Waals surface area contributed by atoms with Crippen LogP contribution in [-0.2, 0) is 16.6 Å². The number of nitrogens with zero attached hydrogens (tertiary/aromatic N) is 3. The van der Waals surface area contributed by atoms with E-state index in [-0.39, 0.29) is 23.1 Å². The Kier molecular flexibility index (Phi) is 7.22. The molecule has 1 saturated carbocycles. The molecule has 2 aliphatic rings. The number of carbonyl (C=O) groups is 2. The van der Waals surface area contributed by atoms with Gasteiger partial charge in [0.25, 0.3) is 5.91 Å². The average molecular weight is 522 g/mol. The first-order valence-corrected chi connectivity index (χ1v) is 13.0. The first-order valence-electron chi connectivity index (χ1n) is 12.6. The van der Waals surface area contributed by atoms with Gasteiger partial charge in [0.15, 0.2) is 0 Å². The Bertz CT molecular complexity index is 1260. The molecule has 2 atom stereocenters. The molecule has 2 aromatic carbocycles. The molecule has 1 unspecified atom stereocenters. The number of rotatable bonds is 8. The van der Waals surface area contributed by atoms with Crippen LogP contribution in [0, 0.1) is 5.41 Å². The second kappa shape index (κ2) is 10.6. The summed E-state index contributed by atoms with van der Waals surface area (Å²) in [5, 5.41) is 10.8. The Morgan fingerprint density at radius 1 is 1.05 bits per heavy atom. The fourth-order valence-electron chi connectivity index (χ4n) is 5.10. The molecule has 1 aliphatic heterocycles. The Balaban J connectivity index is 1.43. The summed E-state index contributed by atoms with van der Waals surface area (Å²) in [5.74, 6) is -0.942. The molecule has 1 saturated heterocycles. The van der Waals surface area contributed by atoms with Crippen LogP contribution in [0.25, 0.3) is 0 Å². The highest BCUT2D eigenvalue weighted by Crippen LogP contribution is 2.58. The monoisotopic (exact) mass is 521 g/mol. The summed E-state index contributed by atoms with van der Waals surface area (Å²) in [4.78, 5) is 29.4. The molecule has 0 radical (unpaired) electrons. The SMILES string of the molecule is Cn1nccc1C(=O)N[C@H](C(=O)Nc1ccc(N2CCOCC2)cc1)C(c1ccccc1Cl)C1(C)CC1. The molecule has 0 bridgehead atoms. The van der Waals surface area contributed by atoms with Gasteiger partial charge < -0.3 is 20.3 Å². The van der Waals surface area contributed by atoms with Gasteiger partial charge in [0, 0.05) is 48.6 Å². The molecule has 194 valence electrons. The highest BCUT2D eigenvalue weighted by atomic mass is 35.5. The van der Waals surface area contributed by atoms with Gasteiger partial charge in [-0.2, -0.15) is 5.10 Å². The molecule has 3 aromatic rings. The van der Waals surface area contributed by atoms with Gasteiger partial charge in [-0.1, -0.05) is 36.7 Å². The lowest BCUT2D eigenvalue weighted by Gasteiger charge is -2.33. The third kappa shape index (κ3) is 5.50. The topological polar surface area (TPSA) is 88.5 Å². The number of carbonyl (C=O) groups excluding carboxylic acids is 2. The lowest BCUT2D eigenvalue weighted by Crippen LogP contribution is -2.50. The number of morpholine rings is 1. The molecule has 5 rings (SSSR count). The Morgan fingerprint density at radius 3 is 2.38 bits per heavy atom. The maximum Gasteiger partial charge on any atom is 0.270 e. The van der Waals surface area contributed by atoms with E-state index >= 15 is 0 Å². The van der Waals surface area contributed by atoms with E-state index in [1.807, 2.05) is 48.5 Å². The second-order valence-electron chi connectivity index (χ2n) is 10.1. The van der Waals surface area contributed by atoms with E-state index in [0.29, 0.717) is 29.6 Å². The number of aryl methyl sites for hydroxylation is 1. The number of hydrogen-bond donors (Lipinski definition) is 2. The van der Waals surface area contributed by atoms with E-state index in [2.05, 4.69) is 27.6 Å². The quantitative estimate of drug-likeness (QED) is 0.463. The predicted molar refractivity (Wildman–Crippen MR) is 144 cm³/mol. The summed E-state index contributed by atoms with van der Waals surface area (Å²) in [6, 6.07) is 16.2. The third-order valence-corrected chi connectivity index (χ3v) is 7.84. The first kappa shape index (κ1) is 25.3. The lowest BCUT2D eigenvalue weighted by molar-refractivity contribution is -0.119. The molecular weight excluding hydrogens is 490 g/mol. The van der Waals surface area contributed by atoms with Crippen molar-refractivity contribution in [2.24, 2.45) is 12.5 Å². The van der Waals surface area contributed by atoms with Crippen molar-refractivity contribution in [1.29, 1.82) is 0 Å². The summed E-state index contributed by atoms with van der Waals surface area (Å²) < 4.78 is 6.94. The van der Waals surface area contributed by atoms with Gasteiger partial charge in [0.1, 0.15) is 11.7 Å². The zero-order valence-electron chi connectivity index (χ0n) is 21.1. The molecule has 2 amide bonds. The van der Waals surface area contributed by atoms with Crippen LogP contribution < -0.4 is 15.5 Å². The highest BCUT2D eigenvalue weighted by molar-refractivity contribution is 6.31. The van der Waals surface area contributed by atoms with Crippen LogP contribution in [0.5, 0.6) is 0 Å². The number of ether oxygens (including phenoxy) is 1. The Labute approximate surface area is 221 Å². The van der Waals surface area contributed by atoms with Gasteiger partial charge in [0.05, 0.1) is 13.2 Å². The minimum atomic E-state index is -0.839. The molecular formula is C28H32ClN5O3. The fourth-order valence-corrected chi connectivity index (χ4v) is 5.36. The Morgan fingerprint density at radius 2 is 1.76 bits per heavy atom. The van der Waals surface area contributed by atoms with Gasteiger partial charge in [-0.05, 0) is 60.2 Å². The maximum absolute atomic E-state index is 13.9. The fraction of sp³-hybridized carbons (Fsp3) is 0.393. The predicted octanol–water partition coefficient (Wildman–Crippen LogP) is 4.23. The number of hydrogen-bond acceptors (Lipinski definition) is 5. The number of benzene rings is 2. The second-order valence-corrected chi connectivity index (χ2v) is 10.5. The number of amides is 2. The van der Waals surface area contributed by atoms with Gasteiger partial charge >= 0.3 is 0 Å². The van der Waals surface area contributed by atoms with E-state index in [0.717, 1.165) is 37.2 Å². The molecule has 1 aromatic heterocycles. The van der Waals surface area contributed by atoms with Crippen LogP contribution in [0.3, 0.4) is 0 Å². The molecule has 37 heavy (non-hydrogen) atoms. The van der Waals surface area contributed by atoms with E-state index in [9.17, 15) is 9.59 Å². The standard InChI is InChI=1S/C28H32ClN5O3/c1-28(12-13-28)24(21-5-3-4-6-22(21)29)25(32-26(35)23-11-14-30-33(23)2)27(36)31-19-7-9-20(10-8-19)34-15-17-37-18-16-34/h3-11,14,24-25H,12-13,15-18H2,1-2H3,(H,31,36)(H,32,35)/t24?,25-/m0/s1. The molecule has 2 N–H and O–H groups in total. The van der Waals surface area contributed by atoms with E-state index in [1.165, 1.54) is 4.68 Å². The molecule has 8 nitrogen and oxygen atoms in total. The van der Waals surface area contributed by atoms with E-state index in [1.54, 1.807) is 19.3 Å². The van der Waals surface area contributed by atoms with E-state index in [4.69, 9.17) is 16.3 Å². The van der Waals surface area contributed by atoms with Gasteiger partial charge in [-0.25, -0.2) is 0 Å². The highest BCUT2D eigenvalue weighted by Gasteiger charge is 2.51. The van der Waals surface area contributed by atoms with Crippen LogP contribution in [-0.4, -0.2) is 53.9 Å². The first-order chi connectivity index (χ1) is 17.9. The van der Waals surface area contributed by atoms with Crippen LogP contribution in [0.2, 0.25) is 5.02 Å². The summed E-state index contributed by atoms with van der Waals surface area (Å²) in [6.45, 7) is 5.24. The smallest absolute Gasteiger partial charge is 0.270 e. The summed E-state index contributed by atoms with van der Waals surface area (Å²) in [6.07, 6.45) is 3.46. The van der Waals surface area contributed by atoms with Crippen LogP contribution >= 0.6 is 11.6 Å². The van der Waals surface area contributed by atoms with Crippen molar-refractivity contribution in [1.82, 2.24) is 15.1 Å². The van der Waals surface area contributed by atoms with Gasteiger partial charge in [-0.15, -0.1) is 0 Å². The van der Waals surface area contributed by atoms with Crippen molar-refractivity contribution in [2.75, 3.05) is 36.5 Å². The zero-order chi connectivity index (χ0) is 26.0. The molecule has 0 spiro atoms. The third-order valence-electron chi connectivity index (χ3n) is 7.50. The molecule has 1 aliphatic carbocycles. The molecule has 2 fully saturated rings. The van der Waals surface area contributed by atoms with Crippen molar-refractivity contribution in [3.8, 4) is 0 Å². The summed E-state index contributed by atoms with van der Waals surface area (Å²) in [7, 11) is 1.70. The number of aromatic nitrogens is 2. The maximum atomic E-state index is 13.9. The Hall–Kier alpha value is -3.36. The number of anilines is 2. The number of nitrogens with one attached hydrogen (secondary N) is 2. The van der Waals surface area contributed by atoms with Crippen LogP contribution in [0.4, 0.5) is 11.4 Å². The van der Waals surface area contributed by atoms with Crippen molar-refractivity contribution in [3.05, 3.63) is 77.1 Å². The van der Waals surface area contributed by atoms with Crippen molar-refractivity contribution >= 4 is 34.8 Å². The van der Waals surface area contributed by atoms with E-state index < -0.39 is 6.04 Å². The molecule has 2 heterocycles. The minimum Gasteiger partial charge on any atom is -0.378 e. The molecule has 9 heteroatoms. The van der Waals surface area contributed by atoms with Gasteiger partial charge in [-0.3, -0.25) is 14.3 Å². The summed E-state index contributed by atoms with van der Waals surface area (Å²) >= 11 is 6.64. The van der Waals surface area contributed by atoms with Crippen molar-refractivity contribution < 1.29 is 14.3 Å². The lowest BCUT2D eigenvalue weighted by atomic mass is 9.78. The summed E-state index contributed by atoms with van der Waals surface area (Å²) in [5.41, 5.74) is 2.83. The van der Waals surface area contributed by atoms with Crippen LogP contribution in [0.1, 0.15) is 41.7 Å².